The highest BCUT2D eigenvalue weighted by molar-refractivity contribution is 7.09. The predicted molar refractivity (Wildman–Crippen MR) is 83.5 cm³/mol. The number of rotatable bonds is 5. The molecule has 0 spiro atoms. The SMILES string of the molecule is CC(C)N(Cc1cccs1)c1c(N)cccc1C(=O)O. The van der Waals surface area contributed by atoms with E-state index in [4.69, 9.17) is 5.73 Å². The lowest BCUT2D eigenvalue weighted by Gasteiger charge is -2.31. The van der Waals surface area contributed by atoms with Gasteiger partial charge in [0.1, 0.15) is 0 Å². The molecule has 2 rings (SSSR count). The second-order valence-corrected chi connectivity index (χ2v) is 5.88. The van der Waals surface area contributed by atoms with Crippen molar-refractivity contribution in [2.75, 3.05) is 10.6 Å². The maximum atomic E-state index is 11.4. The van der Waals surface area contributed by atoms with Gasteiger partial charge in [-0.15, -0.1) is 11.3 Å². The van der Waals surface area contributed by atoms with E-state index in [9.17, 15) is 9.90 Å². The van der Waals surface area contributed by atoms with Crippen molar-refractivity contribution in [3.63, 3.8) is 0 Å². The van der Waals surface area contributed by atoms with Crippen LogP contribution >= 0.6 is 11.3 Å². The third kappa shape index (κ3) is 2.93. The zero-order valence-electron chi connectivity index (χ0n) is 11.5. The molecule has 4 nitrogen and oxygen atoms in total. The van der Waals surface area contributed by atoms with Gasteiger partial charge in [0.15, 0.2) is 0 Å². The lowest BCUT2D eigenvalue weighted by Crippen LogP contribution is -2.32. The lowest BCUT2D eigenvalue weighted by atomic mass is 10.1. The second kappa shape index (κ2) is 5.96. The van der Waals surface area contributed by atoms with Crippen LogP contribution in [0.3, 0.4) is 0 Å². The van der Waals surface area contributed by atoms with E-state index >= 15 is 0 Å². The molecule has 0 aliphatic heterocycles. The van der Waals surface area contributed by atoms with E-state index in [1.807, 2.05) is 36.3 Å². The fraction of sp³-hybridized carbons (Fsp3) is 0.267. The highest BCUT2D eigenvalue weighted by atomic mass is 32.1. The molecule has 3 N–H and O–H groups in total. The first kappa shape index (κ1) is 14.4. The van der Waals surface area contributed by atoms with Crippen LogP contribution in [0.5, 0.6) is 0 Å². The Morgan fingerprint density at radius 2 is 2.10 bits per heavy atom. The molecule has 0 saturated carbocycles. The van der Waals surface area contributed by atoms with Crippen molar-refractivity contribution in [2.45, 2.75) is 26.4 Å². The molecule has 0 unspecified atom stereocenters. The normalized spacial score (nSPS) is 10.8. The maximum absolute atomic E-state index is 11.4. The number of carboxylic acids is 1. The summed E-state index contributed by atoms with van der Waals surface area (Å²) >= 11 is 1.65. The molecule has 2 aromatic rings. The van der Waals surface area contributed by atoms with Crippen LogP contribution in [0.25, 0.3) is 0 Å². The summed E-state index contributed by atoms with van der Waals surface area (Å²) < 4.78 is 0. The Morgan fingerprint density at radius 1 is 1.35 bits per heavy atom. The average molecular weight is 290 g/mol. The number of carbonyl (C=O) groups is 1. The van der Waals surface area contributed by atoms with Crippen LogP contribution in [0, 0.1) is 0 Å². The third-order valence-electron chi connectivity index (χ3n) is 3.11. The largest absolute Gasteiger partial charge is 0.478 e. The fourth-order valence-electron chi connectivity index (χ4n) is 2.14. The Kier molecular flexibility index (Phi) is 4.29. The molecule has 0 aliphatic rings. The lowest BCUT2D eigenvalue weighted by molar-refractivity contribution is 0.0697. The van der Waals surface area contributed by atoms with Gasteiger partial charge in [-0.05, 0) is 37.4 Å². The van der Waals surface area contributed by atoms with E-state index in [0.29, 0.717) is 17.9 Å². The number of thiophene rings is 1. The summed E-state index contributed by atoms with van der Waals surface area (Å²) in [5, 5.41) is 11.4. The molecule has 20 heavy (non-hydrogen) atoms. The molecule has 0 saturated heterocycles. The van der Waals surface area contributed by atoms with E-state index in [-0.39, 0.29) is 11.6 Å². The number of nitrogens with two attached hydrogens (primary N) is 1. The Labute approximate surface area is 122 Å². The summed E-state index contributed by atoms with van der Waals surface area (Å²) in [6.07, 6.45) is 0. The van der Waals surface area contributed by atoms with E-state index in [0.717, 1.165) is 0 Å². The summed E-state index contributed by atoms with van der Waals surface area (Å²) in [4.78, 5) is 14.6. The van der Waals surface area contributed by atoms with Gasteiger partial charge in [0, 0.05) is 10.9 Å². The zero-order valence-corrected chi connectivity index (χ0v) is 12.4. The molecule has 0 atom stereocenters. The Bertz CT molecular complexity index is 594. The summed E-state index contributed by atoms with van der Waals surface area (Å²) in [7, 11) is 0. The number of nitrogens with zero attached hydrogens (tertiary/aromatic N) is 1. The molecule has 0 bridgehead atoms. The smallest absolute Gasteiger partial charge is 0.337 e. The number of para-hydroxylation sites is 1. The Hall–Kier alpha value is -2.01. The van der Waals surface area contributed by atoms with E-state index in [2.05, 4.69) is 0 Å². The highest BCUT2D eigenvalue weighted by Gasteiger charge is 2.21. The molecule has 5 heteroatoms. The third-order valence-corrected chi connectivity index (χ3v) is 3.98. The predicted octanol–water partition coefficient (Wildman–Crippen LogP) is 3.44. The zero-order chi connectivity index (χ0) is 14.7. The summed E-state index contributed by atoms with van der Waals surface area (Å²) in [6.45, 7) is 4.72. The van der Waals surface area contributed by atoms with Crippen LogP contribution in [0.2, 0.25) is 0 Å². The van der Waals surface area contributed by atoms with E-state index < -0.39 is 5.97 Å². The Morgan fingerprint density at radius 3 is 2.65 bits per heavy atom. The monoisotopic (exact) mass is 290 g/mol. The van der Waals surface area contributed by atoms with Crippen molar-refractivity contribution >= 4 is 28.7 Å². The number of hydrogen-bond acceptors (Lipinski definition) is 4. The molecular formula is C15H18N2O2S. The number of anilines is 2. The quantitative estimate of drug-likeness (QED) is 0.828. The molecule has 1 aromatic carbocycles. The van der Waals surface area contributed by atoms with Gasteiger partial charge in [-0.1, -0.05) is 12.1 Å². The van der Waals surface area contributed by atoms with Crippen LogP contribution < -0.4 is 10.6 Å². The van der Waals surface area contributed by atoms with E-state index in [1.165, 1.54) is 4.88 Å². The molecule has 106 valence electrons. The van der Waals surface area contributed by atoms with Crippen molar-refractivity contribution in [1.82, 2.24) is 0 Å². The van der Waals surface area contributed by atoms with Gasteiger partial charge in [-0.2, -0.15) is 0 Å². The van der Waals surface area contributed by atoms with Crippen molar-refractivity contribution in [1.29, 1.82) is 0 Å². The van der Waals surface area contributed by atoms with Crippen LogP contribution in [0.15, 0.2) is 35.7 Å². The van der Waals surface area contributed by atoms with Crippen molar-refractivity contribution in [2.24, 2.45) is 0 Å². The van der Waals surface area contributed by atoms with Crippen molar-refractivity contribution in [3.05, 3.63) is 46.2 Å². The summed E-state index contributed by atoms with van der Waals surface area (Å²) in [5.74, 6) is -0.955. The number of nitrogen functional groups attached to an aromatic ring is 1. The van der Waals surface area contributed by atoms with Gasteiger partial charge in [0.2, 0.25) is 0 Å². The summed E-state index contributed by atoms with van der Waals surface area (Å²) in [5.41, 5.74) is 7.37. The van der Waals surface area contributed by atoms with Gasteiger partial charge in [-0.3, -0.25) is 0 Å². The minimum Gasteiger partial charge on any atom is -0.478 e. The molecule has 1 aromatic heterocycles. The van der Waals surface area contributed by atoms with Gasteiger partial charge in [0.25, 0.3) is 0 Å². The minimum atomic E-state index is -0.955. The molecule has 1 heterocycles. The second-order valence-electron chi connectivity index (χ2n) is 4.85. The van der Waals surface area contributed by atoms with Gasteiger partial charge in [-0.25, -0.2) is 4.79 Å². The fourth-order valence-corrected chi connectivity index (χ4v) is 2.85. The van der Waals surface area contributed by atoms with Gasteiger partial charge in [0.05, 0.1) is 23.5 Å². The van der Waals surface area contributed by atoms with Crippen LogP contribution in [0.4, 0.5) is 11.4 Å². The molecule has 0 aliphatic carbocycles. The topological polar surface area (TPSA) is 66.6 Å². The highest BCUT2D eigenvalue weighted by Crippen LogP contribution is 2.31. The molecular weight excluding hydrogens is 272 g/mol. The Balaban J connectivity index is 2.46. The van der Waals surface area contributed by atoms with E-state index in [1.54, 1.807) is 29.5 Å². The van der Waals surface area contributed by atoms with Crippen LogP contribution in [-0.2, 0) is 6.54 Å². The minimum absolute atomic E-state index is 0.153. The van der Waals surface area contributed by atoms with Gasteiger partial charge < -0.3 is 15.7 Å². The standard InChI is InChI=1S/C15H18N2O2S/c1-10(2)17(9-11-5-4-8-20-11)14-12(15(18)19)6-3-7-13(14)16/h3-8,10H,9,16H2,1-2H3,(H,18,19). The number of carboxylic acid groups (broad SMARTS) is 1. The number of aromatic carboxylic acids is 1. The average Bonchev–Trinajstić information content (AvgIpc) is 2.88. The summed E-state index contributed by atoms with van der Waals surface area (Å²) in [6, 6.07) is 9.19. The first-order chi connectivity index (χ1) is 9.50. The first-order valence-electron chi connectivity index (χ1n) is 6.41. The molecule has 0 fully saturated rings. The first-order valence-corrected chi connectivity index (χ1v) is 7.29. The van der Waals surface area contributed by atoms with Crippen molar-refractivity contribution < 1.29 is 9.90 Å². The molecule has 0 amide bonds. The van der Waals surface area contributed by atoms with Gasteiger partial charge >= 0.3 is 5.97 Å². The van der Waals surface area contributed by atoms with Crippen LogP contribution in [0.1, 0.15) is 29.1 Å². The number of benzene rings is 1. The number of hydrogen-bond donors (Lipinski definition) is 2. The van der Waals surface area contributed by atoms with Crippen LogP contribution in [-0.4, -0.2) is 17.1 Å². The van der Waals surface area contributed by atoms with Crippen molar-refractivity contribution in [3.8, 4) is 0 Å². The molecule has 0 radical (unpaired) electrons. The maximum Gasteiger partial charge on any atom is 0.337 e.